The van der Waals surface area contributed by atoms with E-state index in [2.05, 4.69) is 0 Å². The highest BCUT2D eigenvalue weighted by molar-refractivity contribution is 6.45. The number of hydrogen-bond acceptors (Lipinski definition) is 2. The van der Waals surface area contributed by atoms with Crippen molar-refractivity contribution in [3.63, 3.8) is 0 Å². The van der Waals surface area contributed by atoms with Crippen LogP contribution in [0.1, 0.15) is 0 Å². The molecule has 0 aromatic heterocycles. The fourth-order valence-corrected chi connectivity index (χ4v) is 0.482. The van der Waals surface area contributed by atoms with E-state index in [4.69, 9.17) is 5.40 Å². The largest absolute Gasteiger partial charge is 0.532 e. The lowest BCUT2D eigenvalue weighted by Gasteiger charge is -1.74. The molecule has 2 N–H and O–H groups in total. The molecule has 0 aromatic carbocycles. The lowest BCUT2D eigenvalue weighted by Crippen LogP contribution is -2.25. The van der Waals surface area contributed by atoms with Crippen molar-refractivity contribution in [3.05, 3.63) is 0 Å². The summed E-state index contributed by atoms with van der Waals surface area (Å²) in [5.74, 6) is 0. The molecule has 0 spiro atoms. The van der Waals surface area contributed by atoms with Crippen molar-refractivity contribution in [2.45, 2.75) is 0 Å². The monoisotopic (exact) mass is 119 g/mol. The quantitative estimate of drug-likeness (QED) is 0.426. The van der Waals surface area contributed by atoms with Gasteiger partial charge in [0.05, 0.1) is 0 Å². The zero-order valence-electron chi connectivity index (χ0n) is 2.89. The van der Waals surface area contributed by atoms with Gasteiger partial charge >= 0.3 is 18.6 Å². The van der Waals surface area contributed by atoms with Crippen molar-refractivity contribution in [1.82, 2.24) is 10.0 Å². The molecule has 0 fully saturated rings. The van der Waals surface area contributed by atoms with Crippen molar-refractivity contribution < 1.29 is 8.92 Å². The molecule has 0 amide bonds. The molecule has 0 heterocycles. The first-order chi connectivity index (χ1) is 2.77. The molecule has 0 unspecified atom stereocenters. The van der Waals surface area contributed by atoms with E-state index in [9.17, 15) is 8.92 Å². The molecule has 4 nitrogen and oxygen atoms in total. The second kappa shape index (κ2) is 2.85. The molecule has 1 radical (unpaired) electrons. The third kappa shape index (κ3) is 3.63. The standard InChI is InChI=1S/H3N2O2Si2/c1-6(4)2-5-3/h1-2,5H. The maximum absolute atomic E-state index is 9.61. The molecule has 33 valence electrons. The first kappa shape index (κ1) is 5.63. The van der Waals surface area contributed by atoms with Crippen molar-refractivity contribution in [3.8, 4) is 0 Å². The third-order valence-corrected chi connectivity index (χ3v) is 1.71. The molecule has 0 aliphatic rings. The Kier molecular flexibility index (Phi) is 2.68. The van der Waals surface area contributed by atoms with E-state index < -0.39 is 18.6 Å². The van der Waals surface area contributed by atoms with Crippen LogP contribution < -0.4 is 10.0 Å². The average molecular weight is 119 g/mol. The summed E-state index contributed by atoms with van der Waals surface area (Å²) >= 11 is 0. The molecule has 6 heavy (non-hydrogen) atoms. The molecule has 0 atom stereocenters. The predicted octanol–water partition coefficient (Wildman–Crippen LogP) is -2.03. The molecule has 0 aromatic rings. The van der Waals surface area contributed by atoms with Crippen LogP contribution in [0.3, 0.4) is 0 Å². The zero-order valence-corrected chi connectivity index (χ0v) is 5.05. The Labute approximate surface area is 38.5 Å². The topological polar surface area (TPSA) is 70.0 Å². The van der Waals surface area contributed by atoms with Crippen LogP contribution >= 0.6 is 0 Å². The normalized spacial score (nSPS) is 6.67. The molecular formula is H3N2O2Si2. The minimum absolute atomic E-state index is 1.20. The van der Waals surface area contributed by atoms with E-state index in [0.29, 0.717) is 0 Å². The Morgan fingerprint density at radius 1 is 1.83 bits per heavy atom. The maximum atomic E-state index is 9.61. The van der Waals surface area contributed by atoms with Gasteiger partial charge in [-0.05, 0) is 0 Å². The highest BCUT2D eigenvalue weighted by Gasteiger charge is 1.90. The molecule has 0 rings (SSSR count). The molecule has 0 aliphatic heterocycles. The Balaban J connectivity index is 3.05. The van der Waals surface area contributed by atoms with Crippen LogP contribution in [0.15, 0.2) is 0 Å². The predicted molar refractivity (Wildman–Crippen MR) is 20.5 cm³/mol. The van der Waals surface area contributed by atoms with E-state index in [1.165, 1.54) is 0 Å². The summed E-state index contributed by atoms with van der Waals surface area (Å²) in [6.07, 6.45) is 0. The molecule has 0 saturated heterocycles. The van der Waals surface area contributed by atoms with E-state index in [-0.39, 0.29) is 0 Å². The smallest absolute Gasteiger partial charge is 0.364 e. The van der Waals surface area contributed by atoms with Crippen molar-refractivity contribution in [2.24, 2.45) is 0 Å². The van der Waals surface area contributed by atoms with Gasteiger partial charge in [-0.25, -0.2) is 0 Å². The van der Waals surface area contributed by atoms with Crippen LogP contribution in [0.25, 0.3) is 0 Å². The van der Waals surface area contributed by atoms with Gasteiger partial charge in [0, 0.05) is 0 Å². The number of rotatable bonds is 2. The summed E-state index contributed by atoms with van der Waals surface area (Å²) in [6.45, 7) is 0. The molecule has 0 bridgehead atoms. The van der Waals surface area contributed by atoms with E-state index in [1.54, 1.807) is 0 Å². The van der Waals surface area contributed by atoms with Crippen molar-refractivity contribution in [2.75, 3.05) is 0 Å². The Morgan fingerprint density at radius 3 is 2.33 bits per heavy atom. The number of nitrogens with one attached hydrogen (secondary N) is 2. The van der Waals surface area contributed by atoms with Gasteiger partial charge in [-0.1, -0.05) is 0 Å². The van der Waals surface area contributed by atoms with Gasteiger partial charge in [0.1, 0.15) is 0 Å². The van der Waals surface area contributed by atoms with Crippen LogP contribution in [-0.4, -0.2) is 18.6 Å². The van der Waals surface area contributed by atoms with Gasteiger partial charge in [-0.3, -0.25) is 5.40 Å². The second-order valence-electron chi connectivity index (χ2n) is 0.591. The molecule has 0 aliphatic carbocycles. The summed E-state index contributed by atoms with van der Waals surface area (Å²) in [7, 11) is -3.61. The van der Waals surface area contributed by atoms with Gasteiger partial charge in [0.2, 0.25) is 0 Å². The van der Waals surface area contributed by atoms with Crippen LogP contribution in [0.5, 0.6) is 0 Å². The minimum atomic E-state index is -2.41. The Bertz CT molecular complexity index is 69.9. The molecule has 6 heteroatoms. The van der Waals surface area contributed by atoms with Gasteiger partial charge in [0.25, 0.3) is 0 Å². The lowest BCUT2D eigenvalue weighted by molar-refractivity contribution is 0.548. The fourth-order valence-electron chi connectivity index (χ4n) is 0.0535. The molecule has 0 saturated carbocycles. The molecular weight excluding hydrogens is 116 g/mol. The first-order valence-corrected chi connectivity index (χ1v) is 3.69. The second-order valence-corrected chi connectivity index (χ2v) is 2.64. The van der Waals surface area contributed by atoms with Crippen molar-refractivity contribution >= 4 is 18.6 Å². The van der Waals surface area contributed by atoms with E-state index >= 15 is 0 Å². The van der Waals surface area contributed by atoms with Crippen LogP contribution in [0.4, 0.5) is 0 Å². The third-order valence-electron chi connectivity index (χ3n) is 0.190. The first-order valence-electron chi connectivity index (χ1n) is 1.23. The fraction of sp³-hybridized carbons (Fsp3) is 0. The van der Waals surface area contributed by atoms with Gasteiger partial charge in [-0.2, -0.15) is 0 Å². The highest BCUT2D eigenvalue weighted by atomic mass is 28.3. The Morgan fingerprint density at radius 2 is 2.33 bits per heavy atom. The SMILES string of the molecule is [NH][Si](=O)N[SiH]=O. The van der Waals surface area contributed by atoms with Crippen molar-refractivity contribution in [1.29, 1.82) is 0 Å². The summed E-state index contributed by atoms with van der Waals surface area (Å²) in [6, 6.07) is 0. The van der Waals surface area contributed by atoms with Crippen LogP contribution in [0.2, 0.25) is 0 Å². The van der Waals surface area contributed by atoms with Crippen LogP contribution in [-0.2, 0) is 8.92 Å². The highest BCUT2D eigenvalue weighted by Crippen LogP contribution is 1.31. The number of hydrogen-bond donors (Lipinski definition) is 1. The van der Waals surface area contributed by atoms with Crippen LogP contribution in [0, 0.1) is 0 Å². The summed E-state index contributed by atoms with van der Waals surface area (Å²) in [5, 5.41) is 6.23. The van der Waals surface area contributed by atoms with Gasteiger partial charge in [-0.15, -0.1) is 0 Å². The lowest BCUT2D eigenvalue weighted by atomic mass is 13.8. The summed E-state index contributed by atoms with van der Waals surface area (Å²) in [4.78, 5) is 0. The summed E-state index contributed by atoms with van der Waals surface area (Å²) < 4.78 is 21.0. The van der Waals surface area contributed by atoms with E-state index in [1.807, 2.05) is 4.65 Å². The zero-order chi connectivity index (χ0) is 4.99. The Hall–Kier alpha value is -0.366. The van der Waals surface area contributed by atoms with Gasteiger partial charge in [0.15, 0.2) is 0 Å². The average Bonchev–Trinajstić information content (AvgIpc) is 1.35. The maximum Gasteiger partial charge on any atom is 0.532 e. The summed E-state index contributed by atoms with van der Waals surface area (Å²) in [5.41, 5.74) is 0. The van der Waals surface area contributed by atoms with E-state index in [0.717, 1.165) is 0 Å². The minimum Gasteiger partial charge on any atom is -0.364 e. The van der Waals surface area contributed by atoms with Gasteiger partial charge < -0.3 is 13.6 Å².